The van der Waals surface area contributed by atoms with Gasteiger partial charge in [0.15, 0.2) is 0 Å². The Morgan fingerprint density at radius 3 is 2.67 bits per heavy atom. The minimum absolute atomic E-state index is 0.221. The summed E-state index contributed by atoms with van der Waals surface area (Å²) in [5, 5.41) is 18.9. The van der Waals surface area contributed by atoms with Crippen LogP contribution >= 0.6 is 11.6 Å². The first-order valence-corrected chi connectivity index (χ1v) is 18.6. The highest BCUT2D eigenvalue weighted by molar-refractivity contribution is 6.35. The van der Waals surface area contributed by atoms with Gasteiger partial charge in [0.1, 0.15) is 23.4 Å². The van der Waals surface area contributed by atoms with Gasteiger partial charge in [0.25, 0.3) is 0 Å². The Morgan fingerprint density at radius 1 is 1.04 bits per heavy atom. The van der Waals surface area contributed by atoms with Crippen LogP contribution in [-0.4, -0.2) is 76.4 Å². The summed E-state index contributed by atoms with van der Waals surface area (Å²) in [7, 11) is 1.97. The van der Waals surface area contributed by atoms with Gasteiger partial charge in [-0.05, 0) is 92.8 Å². The topological polar surface area (TPSA) is 91.0 Å². The van der Waals surface area contributed by atoms with E-state index in [0.717, 1.165) is 115 Å². The van der Waals surface area contributed by atoms with Crippen molar-refractivity contribution in [3.8, 4) is 16.9 Å². The van der Waals surface area contributed by atoms with Crippen molar-refractivity contribution in [3.63, 3.8) is 0 Å². The fourth-order valence-electron chi connectivity index (χ4n) is 7.94. The number of carboxylic acids is 1. The molecule has 51 heavy (non-hydrogen) atoms. The van der Waals surface area contributed by atoms with Crippen LogP contribution in [0, 0.1) is 5.82 Å². The third-order valence-electron chi connectivity index (χ3n) is 10.3. The van der Waals surface area contributed by atoms with Crippen molar-refractivity contribution in [2.24, 2.45) is 7.05 Å². The van der Waals surface area contributed by atoms with Gasteiger partial charge >= 0.3 is 5.97 Å². The number of rotatable bonds is 11. The number of nitrogens with zero attached hydrogens (tertiary/aromatic N) is 4. The van der Waals surface area contributed by atoms with Crippen molar-refractivity contribution in [1.82, 2.24) is 19.2 Å². The van der Waals surface area contributed by atoms with Gasteiger partial charge in [0.2, 0.25) is 0 Å². The number of morpholine rings is 1. The Labute approximate surface area is 302 Å². The molecule has 2 aromatic heterocycles. The largest absolute Gasteiger partial charge is 0.493 e. The van der Waals surface area contributed by atoms with E-state index in [1.54, 1.807) is 6.07 Å². The van der Waals surface area contributed by atoms with E-state index < -0.39 is 5.97 Å². The Bertz CT molecular complexity index is 2030. The maximum absolute atomic E-state index is 13.8. The molecule has 0 radical (unpaired) electrons. The highest BCUT2D eigenvalue weighted by Gasteiger charge is 2.32. The molecule has 1 atom stereocenters. The number of ether oxygens (including phenoxy) is 3. The number of carbonyl (C=O) groups is 1. The van der Waals surface area contributed by atoms with Crippen LogP contribution in [0.2, 0.25) is 5.02 Å². The van der Waals surface area contributed by atoms with Crippen molar-refractivity contribution >= 4 is 39.2 Å². The molecular formula is C40H46ClFN4O5. The van der Waals surface area contributed by atoms with Crippen LogP contribution in [0.4, 0.5) is 4.39 Å². The van der Waals surface area contributed by atoms with E-state index >= 15 is 0 Å². The van der Waals surface area contributed by atoms with Crippen LogP contribution in [0.15, 0.2) is 48.5 Å². The monoisotopic (exact) mass is 716 g/mol. The first-order chi connectivity index (χ1) is 24.9. The Morgan fingerprint density at radius 2 is 1.86 bits per heavy atom. The summed E-state index contributed by atoms with van der Waals surface area (Å²) in [5.74, 6) is -0.580. The molecule has 0 aliphatic carbocycles. The minimum Gasteiger partial charge on any atom is -0.493 e. The van der Waals surface area contributed by atoms with Gasteiger partial charge < -0.3 is 23.9 Å². The van der Waals surface area contributed by atoms with E-state index in [1.165, 1.54) is 12.1 Å². The summed E-state index contributed by atoms with van der Waals surface area (Å²) in [6.45, 7) is 7.97. The molecule has 270 valence electrons. The molecule has 11 heteroatoms. The summed E-state index contributed by atoms with van der Waals surface area (Å²) >= 11 is 7.18. The summed E-state index contributed by atoms with van der Waals surface area (Å²) < 4.78 is 36.1. The Kier molecular flexibility index (Phi) is 10.9. The molecule has 2 aliphatic rings. The van der Waals surface area contributed by atoms with Gasteiger partial charge in [-0.25, -0.2) is 9.18 Å². The van der Waals surface area contributed by atoms with Gasteiger partial charge in [-0.3, -0.25) is 9.58 Å². The highest BCUT2D eigenvalue weighted by atomic mass is 35.5. The Balaban J connectivity index is 1.26. The second-order valence-electron chi connectivity index (χ2n) is 13.5. The number of hydrogen-bond donors (Lipinski definition) is 1. The van der Waals surface area contributed by atoms with Crippen molar-refractivity contribution in [2.45, 2.75) is 64.5 Å². The second kappa shape index (κ2) is 15.7. The molecule has 5 aromatic rings. The van der Waals surface area contributed by atoms with Crippen LogP contribution < -0.4 is 4.74 Å². The smallest absolute Gasteiger partial charge is 0.352 e. The van der Waals surface area contributed by atoms with Crippen LogP contribution in [0.5, 0.6) is 5.75 Å². The molecule has 9 nitrogen and oxygen atoms in total. The zero-order chi connectivity index (χ0) is 35.5. The van der Waals surface area contributed by atoms with Crippen molar-refractivity contribution in [3.05, 3.63) is 82.0 Å². The first kappa shape index (κ1) is 35.4. The van der Waals surface area contributed by atoms with Gasteiger partial charge in [-0.2, -0.15) is 5.10 Å². The molecule has 1 unspecified atom stereocenters. The number of aryl methyl sites for hydroxylation is 3. The fraction of sp³-hybridized carbons (Fsp3) is 0.450. The second-order valence-corrected chi connectivity index (χ2v) is 13.9. The van der Waals surface area contributed by atoms with Gasteiger partial charge in [-0.1, -0.05) is 36.7 Å². The zero-order valence-electron chi connectivity index (χ0n) is 29.4. The Hall–Kier alpha value is -3.96. The number of carboxylic acid groups (broad SMARTS) is 1. The first-order valence-electron chi connectivity index (χ1n) is 18.2. The number of aromatic nitrogens is 3. The number of benzene rings is 3. The predicted octanol–water partition coefficient (Wildman–Crippen LogP) is 8.22. The average molecular weight is 717 g/mol. The van der Waals surface area contributed by atoms with Crippen LogP contribution in [0.1, 0.15) is 72.6 Å². The van der Waals surface area contributed by atoms with E-state index in [-0.39, 0.29) is 11.9 Å². The lowest BCUT2D eigenvalue weighted by atomic mass is 9.94. The number of fused-ring (bicyclic) bond motifs is 3. The van der Waals surface area contributed by atoms with Crippen LogP contribution in [-0.2, 0) is 35.9 Å². The summed E-state index contributed by atoms with van der Waals surface area (Å²) in [4.78, 5) is 15.6. The summed E-state index contributed by atoms with van der Waals surface area (Å²) in [6.07, 6.45) is 4.91. The van der Waals surface area contributed by atoms with E-state index in [4.69, 9.17) is 30.9 Å². The molecule has 1 saturated heterocycles. The van der Waals surface area contributed by atoms with Crippen LogP contribution in [0.25, 0.3) is 32.8 Å². The van der Waals surface area contributed by atoms with Crippen molar-refractivity contribution in [2.75, 3.05) is 46.1 Å². The molecule has 0 bridgehead atoms. The average Bonchev–Trinajstić information content (AvgIpc) is 3.62. The van der Waals surface area contributed by atoms with E-state index in [0.29, 0.717) is 49.1 Å². The van der Waals surface area contributed by atoms with Crippen LogP contribution in [0.3, 0.4) is 0 Å². The summed E-state index contributed by atoms with van der Waals surface area (Å²) in [6, 6.07) is 14.1. The molecule has 1 N–H and O–H groups in total. The number of aromatic carboxylic acids is 1. The molecule has 0 amide bonds. The van der Waals surface area contributed by atoms with E-state index in [9.17, 15) is 14.3 Å². The third kappa shape index (κ3) is 7.24. The van der Waals surface area contributed by atoms with Gasteiger partial charge in [0.05, 0.1) is 36.1 Å². The normalized spacial score (nSPS) is 17.1. The molecular weight excluding hydrogens is 671 g/mol. The molecule has 0 spiro atoms. The molecule has 3 aromatic carbocycles. The third-order valence-corrected chi connectivity index (χ3v) is 10.6. The maximum Gasteiger partial charge on any atom is 0.352 e. The maximum atomic E-state index is 13.8. The molecule has 0 saturated carbocycles. The zero-order valence-corrected chi connectivity index (χ0v) is 30.2. The minimum atomic E-state index is -0.963. The quantitative estimate of drug-likeness (QED) is 0.138. The SMILES string of the molecule is CCc1c2c(nn1C)C(CCCN1CCOCC1)OCCCCn1c(C(=O)O)c(CCCOc3cccc4cc(F)ccc34)c3ccc(Cl)c-2c31. The number of hydrogen-bond acceptors (Lipinski definition) is 6. The van der Waals surface area contributed by atoms with E-state index in [1.807, 2.05) is 46.6 Å². The van der Waals surface area contributed by atoms with Crippen molar-refractivity contribution in [1.29, 1.82) is 0 Å². The van der Waals surface area contributed by atoms with Gasteiger partial charge in [0, 0.05) is 60.9 Å². The molecule has 1 fully saturated rings. The van der Waals surface area contributed by atoms with Crippen molar-refractivity contribution < 1.29 is 28.5 Å². The lowest BCUT2D eigenvalue weighted by Gasteiger charge is -2.27. The lowest BCUT2D eigenvalue weighted by molar-refractivity contribution is 0.0233. The number of halogens is 2. The highest BCUT2D eigenvalue weighted by Crippen LogP contribution is 2.45. The molecule has 2 aliphatic heterocycles. The molecule has 7 rings (SSSR count). The molecule has 4 heterocycles. The lowest BCUT2D eigenvalue weighted by Crippen LogP contribution is -2.36. The standard InChI is InChI=1S/C40H46ClFN4O5/c1-3-32-36-35-31(41)16-15-30-29(10-8-22-50-33-11-6-9-26-25-27(42)13-14-28(26)33)39(40(47)48)46(38(30)35)18-4-5-21-51-34(37(36)43-44(32)2)12-7-17-45-19-23-49-24-20-45/h6,9,11,13-16,25,34H,3-5,7-8,10,12,17-24H2,1-2H3,(H,47,48). The van der Waals surface area contributed by atoms with E-state index in [2.05, 4.69) is 11.8 Å². The van der Waals surface area contributed by atoms with Gasteiger partial charge in [-0.15, -0.1) is 0 Å². The predicted molar refractivity (Wildman–Crippen MR) is 198 cm³/mol. The summed E-state index contributed by atoms with van der Waals surface area (Å²) in [5.41, 5.74) is 5.58. The fourth-order valence-corrected chi connectivity index (χ4v) is 8.19.